The van der Waals surface area contributed by atoms with Crippen molar-refractivity contribution in [2.24, 2.45) is 5.92 Å². The predicted octanol–water partition coefficient (Wildman–Crippen LogP) is 3.41. The predicted molar refractivity (Wildman–Crippen MR) is 60.3 cm³/mol. The van der Waals surface area contributed by atoms with Crippen molar-refractivity contribution in [1.29, 1.82) is 0 Å². The lowest BCUT2D eigenvalue weighted by atomic mass is 10.1. The van der Waals surface area contributed by atoms with E-state index in [-0.39, 0.29) is 23.4 Å². The molecular weight excluding hydrogens is 219 g/mol. The Labute approximate surface area is 98.1 Å². The molecule has 1 aromatic heterocycles. The van der Waals surface area contributed by atoms with E-state index in [1.54, 1.807) is 6.26 Å². The van der Waals surface area contributed by atoms with Gasteiger partial charge >= 0.3 is 0 Å². The molecular formula is C14H11FO2. The summed E-state index contributed by atoms with van der Waals surface area (Å²) < 4.78 is 18.0. The van der Waals surface area contributed by atoms with Crippen LogP contribution in [0.4, 0.5) is 4.39 Å². The summed E-state index contributed by atoms with van der Waals surface area (Å²) in [6, 6.07) is 9.43. The van der Waals surface area contributed by atoms with Crippen molar-refractivity contribution in [1.82, 2.24) is 0 Å². The van der Waals surface area contributed by atoms with E-state index < -0.39 is 0 Å². The van der Waals surface area contributed by atoms with Gasteiger partial charge in [-0.05, 0) is 42.8 Å². The fraction of sp³-hybridized carbons (Fsp3) is 0.214. The summed E-state index contributed by atoms with van der Waals surface area (Å²) in [5.41, 5.74) is 0.574. The highest BCUT2D eigenvalue weighted by atomic mass is 19.1. The van der Waals surface area contributed by atoms with Crippen molar-refractivity contribution in [3.8, 4) is 0 Å². The van der Waals surface area contributed by atoms with Gasteiger partial charge in [0.1, 0.15) is 11.6 Å². The summed E-state index contributed by atoms with van der Waals surface area (Å²) in [5.74, 6) is 0.811. The summed E-state index contributed by atoms with van der Waals surface area (Å²) in [6.07, 6.45) is 2.44. The van der Waals surface area contributed by atoms with Gasteiger partial charge in [0.25, 0.3) is 0 Å². The number of benzene rings is 1. The van der Waals surface area contributed by atoms with Gasteiger partial charge in [-0.15, -0.1) is 0 Å². The van der Waals surface area contributed by atoms with Crippen LogP contribution in [0.5, 0.6) is 0 Å². The van der Waals surface area contributed by atoms with Crippen molar-refractivity contribution >= 4 is 5.78 Å². The first-order valence-corrected chi connectivity index (χ1v) is 5.59. The van der Waals surface area contributed by atoms with Gasteiger partial charge in [-0.3, -0.25) is 4.79 Å². The molecule has 2 atom stereocenters. The molecule has 0 aliphatic heterocycles. The Balaban J connectivity index is 1.75. The zero-order valence-electron chi connectivity index (χ0n) is 9.10. The summed E-state index contributed by atoms with van der Waals surface area (Å²) in [6.45, 7) is 0. The van der Waals surface area contributed by atoms with Gasteiger partial charge in [0.2, 0.25) is 0 Å². The van der Waals surface area contributed by atoms with Crippen LogP contribution in [0.3, 0.4) is 0 Å². The molecule has 2 nitrogen and oxygen atoms in total. The van der Waals surface area contributed by atoms with E-state index in [0.29, 0.717) is 5.56 Å². The third kappa shape index (κ3) is 1.88. The monoisotopic (exact) mass is 230 g/mol. The second kappa shape index (κ2) is 3.84. The van der Waals surface area contributed by atoms with Gasteiger partial charge in [0.05, 0.1) is 6.26 Å². The average molecular weight is 230 g/mol. The Morgan fingerprint density at radius 3 is 2.65 bits per heavy atom. The topological polar surface area (TPSA) is 30.2 Å². The molecule has 0 bridgehead atoms. The second-order valence-electron chi connectivity index (χ2n) is 4.34. The largest absolute Gasteiger partial charge is 0.469 e. The van der Waals surface area contributed by atoms with E-state index in [1.807, 2.05) is 12.1 Å². The number of hydrogen-bond donors (Lipinski definition) is 0. The van der Waals surface area contributed by atoms with Crippen molar-refractivity contribution in [2.75, 3.05) is 0 Å². The standard InChI is InChI=1S/C14H11FO2/c15-10-5-3-9(4-6-10)14(16)12-8-11(12)13-2-1-7-17-13/h1-7,11-12H,8H2. The van der Waals surface area contributed by atoms with E-state index in [9.17, 15) is 9.18 Å². The Morgan fingerprint density at radius 2 is 2.00 bits per heavy atom. The normalized spacial score (nSPS) is 22.4. The summed E-state index contributed by atoms with van der Waals surface area (Å²) in [7, 11) is 0. The molecule has 86 valence electrons. The smallest absolute Gasteiger partial charge is 0.166 e. The maximum atomic E-state index is 12.7. The zero-order chi connectivity index (χ0) is 11.8. The van der Waals surface area contributed by atoms with Crippen LogP contribution < -0.4 is 0 Å². The molecule has 0 N–H and O–H groups in total. The highest BCUT2D eigenvalue weighted by Crippen LogP contribution is 2.49. The van der Waals surface area contributed by atoms with Crippen LogP contribution in [0.1, 0.15) is 28.5 Å². The Bertz CT molecular complexity index is 528. The van der Waals surface area contributed by atoms with Gasteiger partial charge in [-0.2, -0.15) is 0 Å². The summed E-state index contributed by atoms with van der Waals surface area (Å²) >= 11 is 0. The molecule has 0 radical (unpaired) electrons. The molecule has 0 saturated heterocycles. The van der Waals surface area contributed by atoms with Crippen molar-refractivity contribution in [3.05, 3.63) is 59.8 Å². The summed E-state index contributed by atoms with van der Waals surface area (Å²) in [4.78, 5) is 12.1. The molecule has 1 heterocycles. The maximum Gasteiger partial charge on any atom is 0.166 e. The number of hydrogen-bond acceptors (Lipinski definition) is 2. The lowest BCUT2D eigenvalue weighted by Crippen LogP contribution is -2.02. The molecule has 2 unspecified atom stereocenters. The average Bonchev–Trinajstić information content (AvgIpc) is 2.95. The van der Waals surface area contributed by atoms with Crippen LogP contribution in [0, 0.1) is 11.7 Å². The Hall–Kier alpha value is -1.90. The number of carbonyl (C=O) groups excluding carboxylic acids is 1. The first-order chi connectivity index (χ1) is 8.25. The minimum Gasteiger partial charge on any atom is -0.469 e. The fourth-order valence-electron chi connectivity index (χ4n) is 2.13. The Kier molecular flexibility index (Phi) is 2.32. The van der Waals surface area contributed by atoms with Gasteiger partial charge in [-0.1, -0.05) is 0 Å². The number of rotatable bonds is 3. The molecule has 1 aromatic carbocycles. The fourth-order valence-corrected chi connectivity index (χ4v) is 2.13. The highest BCUT2D eigenvalue weighted by molar-refractivity contribution is 6.00. The SMILES string of the molecule is O=C(c1ccc(F)cc1)C1CC1c1ccco1. The van der Waals surface area contributed by atoms with Crippen molar-refractivity contribution < 1.29 is 13.6 Å². The molecule has 1 aliphatic rings. The molecule has 1 aliphatic carbocycles. The molecule has 0 spiro atoms. The van der Waals surface area contributed by atoms with Gasteiger partial charge < -0.3 is 4.42 Å². The van der Waals surface area contributed by atoms with Gasteiger partial charge in [-0.25, -0.2) is 4.39 Å². The molecule has 2 aromatic rings. The lowest BCUT2D eigenvalue weighted by Gasteiger charge is -1.99. The van der Waals surface area contributed by atoms with Crippen LogP contribution in [0.25, 0.3) is 0 Å². The zero-order valence-corrected chi connectivity index (χ0v) is 9.10. The highest BCUT2D eigenvalue weighted by Gasteiger charge is 2.45. The second-order valence-corrected chi connectivity index (χ2v) is 4.34. The van der Waals surface area contributed by atoms with E-state index >= 15 is 0 Å². The molecule has 3 heteroatoms. The lowest BCUT2D eigenvalue weighted by molar-refractivity contribution is 0.0964. The van der Waals surface area contributed by atoms with Crippen LogP contribution in [-0.2, 0) is 0 Å². The number of carbonyl (C=O) groups is 1. The third-order valence-electron chi connectivity index (χ3n) is 3.16. The van der Waals surface area contributed by atoms with Crippen LogP contribution >= 0.6 is 0 Å². The summed E-state index contributed by atoms with van der Waals surface area (Å²) in [5, 5.41) is 0. The molecule has 1 saturated carbocycles. The van der Waals surface area contributed by atoms with Crippen LogP contribution in [0.15, 0.2) is 47.1 Å². The van der Waals surface area contributed by atoms with E-state index in [4.69, 9.17) is 4.42 Å². The Morgan fingerprint density at radius 1 is 1.24 bits per heavy atom. The number of furan rings is 1. The molecule has 3 rings (SSSR count). The van der Waals surface area contributed by atoms with Crippen LogP contribution in [-0.4, -0.2) is 5.78 Å². The first-order valence-electron chi connectivity index (χ1n) is 5.59. The third-order valence-corrected chi connectivity index (χ3v) is 3.16. The minimum atomic E-state index is -0.320. The first kappa shape index (κ1) is 10.3. The van der Waals surface area contributed by atoms with Crippen molar-refractivity contribution in [3.63, 3.8) is 0 Å². The van der Waals surface area contributed by atoms with Crippen LogP contribution in [0.2, 0.25) is 0 Å². The number of ketones is 1. The minimum absolute atomic E-state index is 0.00777. The molecule has 17 heavy (non-hydrogen) atoms. The maximum absolute atomic E-state index is 12.7. The molecule has 1 fully saturated rings. The van der Waals surface area contributed by atoms with E-state index in [1.165, 1.54) is 24.3 Å². The quantitative estimate of drug-likeness (QED) is 0.756. The van der Waals surface area contributed by atoms with E-state index in [2.05, 4.69) is 0 Å². The van der Waals surface area contributed by atoms with Crippen molar-refractivity contribution in [2.45, 2.75) is 12.3 Å². The number of Topliss-reactive ketones (excluding diaryl/α,β-unsaturated/α-hetero) is 1. The van der Waals surface area contributed by atoms with Gasteiger partial charge in [0.15, 0.2) is 5.78 Å². The van der Waals surface area contributed by atoms with Gasteiger partial charge in [0, 0.05) is 17.4 Å². The number of halogens is 1. The molecule has 0 amide bonds. The van der Waals surface area contributed by atoms with E-state index in [0.717, 1.165) is 12.2 Å².